The Hall–Kier alpha value is -3.34. The van der Waals surface area contributed by atoms with Gasteiger partial charge in [-0.2, -0.15) is 0 Å². The molecule has 0 heterocycles. The fourth-order valence-corrected chi connectivity index (χ4v) is 3.39. The van der Waals surface area contributed by atoms with E-state index in [9.17, 15) is 9.18 Å². The number of para-hydroxylation sites is 1. The minimum Gasteiger partial charge on any atom is -0.496 e. The highest BCUT2D eigenvalue weighted by atomic mass is 19.1. The zero-order valence-corrected chi connectivity index (χ0v) is 18.3. The number of benzene rings is 3. The maximum Gasteiger partial charge on any atom is 0.251 e. The SMILES string of the molecule is COc1ccc(C(=O)NC(C)c2ccc(F)cc2)cc1COc1ccccc1C(C)C. The summed E-state index contributed by atoms with van der Waals surface area (Å²) in [5.74, 6) is 1.29. The van der Waals surface area contributed by atoms with Crippen LogP contribution in [0.4, 0.5) is 4.39 Å². The zero-order chi connectivity index (χ0) is 22.4. The molecule has 1 amide bonds. The maximum atomic E-state index is 13.1. The van der Waals surface area contributed by atoms with Crippen LogP contribution in [0.3, 0.4) is 0 Å². The van der Waals surface area contributed by atoms with Crippen LogP contribution in [0.2, 0.25) is 0 Å². The van der Waals surface area contributed by atoms with Crippen LogP contribution in [-0.4, -0.2) is 13.0 Å². The highest BCUT2D eigenvalue weighted by Gasteiger charge is 2.15. The largest absolute Gasteiger partial charge is 0.496 e. The summed E-state index contributed by atoms with van der Waals surface area (Å²) in [6.45, 7) is 6.38. The summed E-state index contributed by atoms with van der Waals surface area (Å²) in [5, 5.41) is 2.95. The lowest BCUT2D eigenvalue weighted by atomic mass is 10.0. The maximum absolute atomic E-state index is 13.1. The average Bonchev–Trinajstić information content (AvgIpc) is 2.77. The van der Waals surface area contributed by atoms with E-state index in [4.69, 9.17) is 9.47 Å². The van der Waals surface area contributed by atoms with E-state index >= 15 is 0 Å². The van der Waals surface area contributed by atoms with Crippen molar-refractivity contribution in [1.29, 1.82) is 0 Å². The van der Waals surface area contributed by atoms with E-state index in [1.165, 1.54) is 12.1 Å². The van der Waals surface area contributed by atoms with Gasteiger partial charge in [-0.05, 0) is 60.4 Å². The average molecular weight is 422 g/mol. The van der Waals surface area contributed by atoms with Crippen LogP contribution in [0.5, 0.6) is 11.5 Å². The molecule has 3 aromatic carbocycles. The van der Waals surface area contributed by atoms with Gasteiger partial charge in [0.15, 0.2) is 0 Å². The van der Waals surface area contributed by atoms with Gasteiger partial charge in [0, 0.05) is 11.1 Å². The van der Waals surface area contributed by atoms with Gasteiger partial charge in [0.1, 0.15) is 23.9 Å². The lowest BCUT2D eigenvalue weighted by molar-refractivity contribution is 0.0939. The normalized spacial score (nSPS) is 11.8. The Labute approximate surface area is 183 Å². The van der Waals surface area contributed by atoms with Crippen molar-refractivity contribution >= 4 is 5.91 Å². The van der Waals surface area contributed by atoms with Crippen molar-refractivity contribution in [3.63, 3.8) is 0 Å². The number of ether oxygens (including phenoxy) is 2. The molecule has 0 aliphatic heterocycles. The summed E-state index contributed by atoms with van der Waals surface area (Å²) in [6, 6.07) is 19.1. The van der Waals surface area contributed by atoms with Crippen LogP contribution >= 0.6 is 0 Å². The molecule has 3 rings (SSSR count). The van der Waals surface area contributed by atoms with Gasteiger partial charge in [0.05, 0.1) is 13.2 Å². The molecule has 3 aromatic rings. The third-order valence-corrected chi connectivity index (χ3v) is 5.18. The first kappa shape index (κ1) is 22.3. The molecule has 162 valence electrons. The van der Waals surface area contributed by atoms with Crippen molar-refractivity contribution in [2.24, 2.45) is 0 Å². The Balaban J connectivity index is 1.75. The molecule has 1 atom stereocenters. The third kappa shape index (κ3) is 5.63. The van der Waals surface area contributed by atoms with Crippen molar-refractivity contribution in [3.05, 3.63) is 94.8 Å². The lowest BCUT2D eigenvalue weighted by Crippen LogP contribution is -2.26. The zero-order valence-electron chi connectivity index (χ0n) is 18.3. The summed E-state index contributed by atoms with van der Waals surface area (Å²) < 4.78 is 24.7. The van der Waals surface area contributed by atoms with Crippen LogP contribution < -0.4 is 14.8 Å². The van der Waals surface area contributed by atoms with Gasteiger partial charge in [-0.3, -0.25) is 4.79 Å². The van der Waals surface area contributed by atoms with Crippen LogP contribution in [0.25, 0.3) is 0 Å². The van der Waals surface area contributed by atoms with Crippen molar-refractivity contribution in [2.45, 2.75) is 39.3 Å². The minimum atomic E-state index is -0.305. The Morgan fingerprint density at radius 3 is 2.35 bits per heavy atom. The number of carbonyl (C=O) groups is 1. The number of amides is 1. The molecule has 4 nitrogen and oxygen atoms in total. The van der Waals surface area contributed by atoms with Crippen LogP contribution in [0.15, 0.2) is 66.7 Å². The molecule has 0 aromatic heterocycles. The Kier molecular flexibility index (Phi) is 7.29. The monoisotopic (exact) mass is 421 g/mol. The molecule has 0 fully saturated rings. The summed E-state index contributed by atoms with van der Waals surface area (Å²) in [5.41, 5.74) is 3.24. The Bertz CT molecular complexity index is 1030. The van der Waals surface area contributed by atoms with E-state index in [0.29, 0.717) is 17.2 Å². The second-order valence-corrected chi connectivity index (χ2v) is 7.75. The van der Waals surface area contributed by atoms with Gasteiger partial charge in [-0.15, -0.1) is 0 Å². The molecular formula is C26H28FNO3. The third-order valence-electron chi connectivity index (χ3n) is 5.18. The van der Waals surface area contributed by atoms with Crippen LogP contribution in [0.1, 0.15) is 59.8 Å². The summed E-state index contributed by atoms with van der Waals surface area (Å²) in [4.78, 5) is 12.8. The van der Waals surface area contributed by atoms with E-state index in [1.54, 1.807) is 37.4 Å². The van der Waals surface area contributed by atoms with Crippen molar-refractivity contribution < 1.29 is 18.7 Å². The van der Waals surface area contributed by atoms with Gasteiger partial charge < -0.3 is 14.8 Å². The molecule has 1 unspecified atom stereocenters. The lowest BCUT2D eigenvalue weighted by Gasteiger charge is -2.17. The first-order valence-electron chi connectivity index (χ1n) is 10.3. The first-order chi connectivity index (χ1) is 14.9. The van der Waals surface area contributed by atoms with Crippen LogP contribution in [0, 0.1) is 5.82 Å². The van der Waals surface area contributed by atoms with E-state index in [1.807, 2.05) is 25.1 Å². The Morgan fingerprint density at radius 1 is 0.968 bits per heavy atom. The summed E-state index contributed by atoms with van der Waals surface area (Å²) in [7, 11) is 1.59. The van der Waals surface area contributed by atoms with Crippen molar-refractivity contribution in [2.75, 3.05) is 7.11 Å². The quantitative estimate of drug-likeness (QED) is 0.483. The van der Waals surface area contributed by atoms with Gasteiger partial charge >= 0.3 is 0 Å². The fourth-order valence-electron chi connectivity index (χ4n) is 3.39. The van der Waals surface area contributed by atoms with E-state index in [0.717, 1.165) is 22.4 Å². The molecular weight excluding hydrogens is 393 g/mol. The number of hydrogen-bond donors (Lipinski definition) is 1. The molecule has 1 N–H and O–H groups in total. The molecule has 0 saturated carbocycles. The molecule has 31 heavy (non-hydrogen) atoms. The number of methoxy groups -OCH3 is 1. The molecule has 0 aliphatic rings. The van der Waals surface area contributed by atoms with E-state index in [-0.39, 0.29) is 24.4 Å². The highest BCUT2D eigenvalue weighted by Crippen LogP contribution is 2.28. The molecule has 0 bridgehead atoms. The summed E-state index contributed by atoms with van der Waals surface area (Å²) in [6.07, 6.45) is 0. The topological polar surface area (TPSA) is 47.6 Å². The first-order valence-corrected chi connectivity index (χ1v) is 10.3. The number of nitrogens with one attached hydrogen (secondary N) is 1. The number of hydrogen-bond acceptors (Lipinski definition) is 3. The second kappa shape index (κ2) is 10.1. The molecule has 0 spiro atoms. The smallest absolute Gasteiger partial charge is 0.251 e. The van der Waals surface area contributed by atoms with Crippen LogP contribution in [-0.2, 0) is 6.61 Å². The Morgan fingerprint density at radius 2 is 1.68 bits per heavy atom. The van der Waals surface area contributed by atoms with Gasteiger partial charge in [0.2, 0.25) is 0 Å². The predicted molar refractivity (Wildman–Crippen MR) is 120 cm³/mol. The van der Waals surface area contributed by atoms with E-state index < -0.39 is 0 Å². The second-order valence-electron chi connectivity index (χ2n) is 7.75. The predicted octanol–water partition coefficient (Wildman–Crippen LogP) is 6.03. The molecule has 0 radical (unpaired) electrons. The minimum absolute atomic E-state index is 0.219. The highest BCUT2D eigenvalue weighted by molar-refractivity contribution is 5.94. The van der Waals surface area contributed by atoms with Gasteiger partial charge in [-0.1, -0.05) is 44.2 Å². The number of rotatable bonds is 8. The van der Waals surface area contributed by atoms with Crippen molar-refractivity contribution in [3.8, 4) is 11.5 Å². The van der Waals surface area contributed by atoms with Crippen molar-refractivity contribution in [1.82, 2.24) is 5.32 Å². The molecule has 5 heteroatoms. The standard InChI is InChI=1S/C26H28FNO3/c1-17(2)23-7-5-6-8-25(23)31-16-21-15-20(11-14-24(21)30-4)26(29)28-18(3)19-9-12-22(27)13-10-19/h5-15,17-18H,16H2,1-4H3,(H,28,29). The van der Waals surface area contributed by atoms with Gasteiger partial charge in [0.25, 0.3) is 5.91 Å². The number of carbonyl (C=O) groups excluding carboxylic acids is 1. The molecule has 0 aliphatic carbocycles. The molecule has 0 saturated heterocycles. The summed E-state index contributed by atoms with van der Waals surface area (Å²) >= 11 is 0. The van der Waals surface area contributed by atoms with Gasteiger partial charge in [-0.25, -0.2) is 4.39 Å². The fraction of sp³-hybridized carbons (Fsp3) is 0.269. The van der Waals surface area contributed by atoms with E-state index in [2.05, 4.69) is 25.2 Å². The number of halogens is 1.